The summed E-state index contributed by atoms with van der Waals surface area (Å²) in [5.74, 6) is 0.920. The maximum atomic E-state index is 12.4. The Morgan fingerprint density at radius 1 is 1.14 bits per heavy atom. The minimum atomic E-state index is -0.454. The highest BCUT2D eigenvalue weighted by molar-refractivity contribution is 5.87. The van der Waals surface area contributed by atoms with E-state index in [9.17, 15) is 4.79 Å². The minimum Gasteiger partial charge on any atom is -0.497 e. The molecule has 0 atom stereocenters. The second kappa shape index (κ2) is 7.00. The Kier molecular flexibility index (Phi) is 4.31. The molecule has 4 heterocycles. The van der Waals surface area contributed by atoms with Gasteiger partial charge in [0.1, 0.15) is 17.6 Å². The smallest absolute Gasteiger partial charge is 0.240 e. The van der Waals surface area contributed by atoms with E-state index < -0.39 is 5.54 Å². The van der Waals surface area contributed by atoms with Gasteiger partial charge >= 0.3 is 0 Å². The molecule has 0 bridgehead atoms. The standard InChI is InChI=1S/C20H23N7O2/c1-29-15-4-2-14(3-5-15)16-12-17(18-24-23-13-27(18)25-16)26-10-6-20(7-11-26)19(28)21-8-9-22-20/h2-5,12-13,22H,6-11H2,1H3,(H,21,28). The summed E-state index contributed by atoms with van der Waals surface area (Å²) >= 11 is 0. The molecule has 2 aromatic heterocycles. The molecular formula is C20H23N7O2. The second-order valence-corrected chi connectivity index (χ2v) is 7.49. The molecule has 2 aliphatic heterocycles. The van der Waals surface area contributed by atoms with Gasteiger partial charge in [-0.1, -0.05) is 0 Å². The molecule has 2 aliphatic rings. The number of anilines is 1. The molecule has 0 radical (unpaired) electrons. The number of hydrogen-bond acceptors (Lipinski definition) is 7. The molecule has 2 saturated heterocycles. The van der Waals surface area contributed by atoms with Gasteiger partial charge in [0.2, 0.25) is 11.6 Å². The summed E-state index contributed by atoms with van der Waals surface area (Å²) in [5, 5.41) is 19.4. The molecule has 5 rings (SSSR count). The van der Waals surface area contributed by atoms with E-state index >= 15 is 0 Å². The lowest BCUT2D eigenvalue weighted by atomic mass is 9.85. The molecule has 2 fully saturated rings. The number of rotatable bonds is 3. The average molecular weight is 393 g/mol. The SMILES string of the molecule is COc1ccc(-c2cc(N3CCC4(CC3)NCCNC4=O)c3nncn3n2)cc1. The average Bonchev–Trinajstić information content (AvgIpc) is 3.25. The van der Waals surface area contributed by atoms with Crippen molar-refractivity contribution in [1.82, 2.24) is 30.4 Å². The number of nitrogens with one attached hydrogen (secondary N) is 2. The van der Waals surface area contributed by atoms with Gasteiger partial charge in [-0.2, -0.15) is 9.61 Å². The van der Waals surface area contributed by atoms with E-state index in [2.05, 4.69) is 36.9 Å². The van der Waals surface area contributed by atoms with Crippen molar-refractivity contribution in [2.24, 2.45) is 0 Å². The van der Waals surface area contributed by atoms with E-state index in [-0.39, 0.29) is 5.91 Å². The van der Waals surface area contributed by atoms with E-state index in [1.807, 2.05) is 24.3 Å². The number of piperidine rings is 1. The number of fused-ring (bicyclic) bond motifs is 1. The van der Waals surface area contributed by atoms with Crippen LogP contribution < -0.4 is 20.3 Å². The second-order valence-electron chi connectivity index (χ2n) is 7.49. The predicted molar refractivity (Wildman–Crippen MR) is 108 cm³/mol. The summed E-state index contributed by atoms with van der Waals surface area (Å²) < 4.78 is 6.97. The van der Waals surface area contributed by atoms with Crippen molar-refractivity contribution in [3.05, 3.63) is 36.7 Å². The van der Waals surface area contributed by atoms with Crippen LogP contribution >= 0.6 is 0 Å². The fraction of sp³-hybridized carbons (Fsp3) is 0.400. The first kappa shape index (κ1) is 17.9. The number of amides is 1. The highest BCUT2D eigenvalue weighted by Crippen LogP contribution is 2.32. The Labute approximate surface area is 168 Å². The summed E-state index contributed by atoms with van der Waals surface area (Å²) in [5.41, 5.74) is 3.08. The van der Waals surface area contributed by atoms with Crippen molar-refractivity contribution in [3.8, 4) is 17.0 Å². The van der Waals surface area contributed by atoms with Gasteiger partial charge in [-0.15, -0.1) is 10.2 Å². The summed E-state index contributed by atoms with van der Waals surface area (Å²) in [7, 11) is 1.65. The van der Waals surface area contributed by atoms with Gasteiger partial charge in [-0.25, -0.2) is 0 Å². The molecular weight excluding hydrogens is 370 g/mol. The first-order valence-corrected chi connectivity index (χ1v) is 9.82. The Balaban J connectivity index is 1.47. The number of nitrogens with zero attached hydrogens (tertiary/aromatic N) is 5. The van der Waals surface area contributed by atoms with Crippen LogP contribution in [0.1, 0.15) is 12.8 Å². The maximum Gasteiger partial charge on any atom is 0.240 e. The highest BCUT2D eigenvalue weighted by Gasteiger charge is 2.42. The van der Waals surface area contributed by atoms with Gasteiger partial charge in [0, 0.05) is 31.7 Å². The zero-order valence-electron chi connectivity index (χ0n) is 16.3. The third kappa shape index (κ3) is 3.07. The zero-order chi connectivity index (χ0) is 19.8. The molecule has 9 heteroatoms. The van der Waals surface area contributed by atoms with Gasteiger partial charge < -0.3 is 20.3 Å². The molecule has 0 unspecified atom stereocenters. The lowest BCUT2D eigenvalue weighted by molar-refractivity contribution is -0.130. The molecule has 29 heavy (non-hydrogen) atoms. The molecule has 0 aliphatic carbocycles. The highest BCUT2D eigenvalue weighted by atomic mass is 16.5. The van der Waals surface area contributed by atoms with Gasteiger partial charge in [0.05, 0.1) is 18.5 Å². The molecule has 0 saturated carbocycles. The summed E-state index contributed by atoms with van der Waals surface area (Å²) in [4.78, 5) is 14.7. The Hall–Kier alpha value is -3.20. The summed E-state index contributed by atoms with van der Waals surface area (Å²) in [6, 6.07) is 9.87. The first-order valence-electron chi connectivity index (χ1n) is 9.82. The normalized spacial score (nSPS) is 18.8. The van der Waals surface area contributed by atoms with Gasteiger partial charge in [0.25, 0.3) is 0 Å². The lowest BCUT2D eigenvalue weighted by Gasteiger charge is -2.44. The Bertz CT molecular complexity index is 1040. The van der Waals surface area contributed by atoms with Crippen molar-refractivity contribution in [1.29, 1.82) is 0 Å². The van der Waals surface area contributed by atoms with Gasteiger partial charge in [-0.05, 0) is 43.2 Å². The number of piperazine rings is 1. The summed E-state index contributed by atoms with van der Waals surface area (Å²) in [6.45, 7) is 3.03. The molecule has 150 valence electrons. The molecule has 9 nitrogen and oxygen atoms in total. The largest absolute Gasteiger partial charge is 0.497 e. The number of methoxy groups -OCH3 is 1. The van der Waals surface area contributed by atoms with Crippen LogP contribution in [0, 0.1) is 0 Å². The molecule has 1 amide bonds. The monoisotopic (exact) mass is 393 g/mol. The number of hydrogen-bond donors (Lipinski definition) is 2. The molecule has 2 N–H and O–H groups in total. The van der Waals surface area contributed by atoms with Crippen LogP contribution in [0.2, 0.25) is 0 Å². The molecule has 1 aromatic carbocycles. The topological polar surface area (TPSA) is 96.7 Å². The quantitative estimate of drug-likeness (QED) is 0.681. The summed E-state index contributed by atoms with van der Waals surface area (Å²) in [6.07, 6.45) is 3.12. The predicted octanol–water partition coefficient (Wildman–Crippen LogP) is 0.858. The number of carbonyl (C=O) groups excluding carboxylic acids is 1. The minimum absolute atomic E-state index is 0.115. The number of ether oxygens (including phenoxy) is 1. The van der Waals surface area contributed by atoms with Gasteiger partial charge in [0.15, 0.2) is 0 Å². The van der Waals surface area contributed by atoms with Crippen LogP contribution in [-0.4, -0.2) is 64.5 Å². The van der Waals surface area contributed by atoms with Crippen molar-refractivity contribution in [3.63, 3.8) is 0 Å². The van der Waals surface area contributed by atoms with E-state index in [0.29, 0.717) is 6.54 Å². The van der Waals surface area contributed by atoms with E-state index in [1.165, 1.54) is 0 Å². The third-order valence-corrected chi connectivity index (χ3v) is 5.90. The number of carbonyl (C=O) groups is 1. The van der Waals surface area contributed by atoms with Crippen LogP contribution in [0.25, 0.3) is 16.9 Å². The fourth-order valence-corrected chi connectivity index (χ4v) is 4.21. The van der Waals surface area contributed by atoms with Crippen LogP contribution in [0.15, 0.2) is 36.7 Å². The van der Waals surface area contributed by atoms with E-state index in [0.717, 1.165) is 60.8 Å². The van der Waals surface area contributed by atoms with Crippen molar-refractivity contribution < 1.29 is 9.53 Å². The van der Waals surface area contributed by atoms with Crippen LogP contribution in [0.3, 0.4) is 0 Å². The third-order valence-electron chi connectivity index (χ3n) is 5.90. The Morgan fingerprint density at radius 2 is 1.93 bits per heavy atom. The van der Waals surface area contributed by atoms with Crippen LogP contribution in [-0.2, 0) is 4.79 Å². The van der Waals surface area contributed by atoms with Crippen molar-refractivity contribution in [2.45, 2.75) is 18.4 Å². The van der Waals surface area contributed by atoms with Crippen molar-refractivity contribution in [2.75, 3.05) is 38.2 Å². The van der Waals surface area contributed by atoms with Crippen LogP contribution in [0.5, 0.6) is 5.75 Å². The maximum absolute atomic E-state index is 12.4. The molecule has 3 aromatic rings. The van der Waals surface area contributed by atoms with E-state index in [1.54, 1.807) is 18.0 Å². The zero-order valence-corrected chi connectivity index (χ0v) is 16.3. The lowest BCUT2D eigenvalue weighted by Crippen LogP contribution is -2.66. The van der Waals surface area contributed by atoms with Gasteiger partial charge in [-0.3, -0.25) is 4.79 Å². The molecule has 1 spiro atoms. The number of aromatic nitrogens is 4. The fourth-order valence-electron chi connectivity index (χ4n) is 4.21. The first-order chi connectivity index (χ1) is 14.2. The van der Waals surface area contributed by atoms with E-state index in [4.69, 9.17) is 4.74 Å². The van der Waals surface area contributed by atoms with Crippen molar-refractivity contribution >= 4 is 17.2 Å². The van der Waals surface area contributed by atoms with Crippen LogP contribution in [0.4, 0.5) is 5.69 Å². The number of benzene rings is 1. The Morgan fingerprint density at radius 3 is 2.66 bits per heavy atom.